The lowest BCUT2D eigenvalue weighted by atomic mass is 10.0. The number of hydrogen-bond donors (Lipinski definition) is 0. The predicted octanol–water partition coefficient (Wildman–Crippen LogP) is 3.15. The van der Waals surface area contributed by atoms with Crippen LogP contribution in [0.1, 0.15) is 20.8 Å². The zero-order chi connectivity index (χ0) is 10.1. The molecule has 0 unspecified atom stereocenters. The van der Waals surface area contributed by atoms with Crippen molar-refractivity contribution < 1.29 is 4.79 Å². The van der Waals surface area contributed by atoms with Crippen molar-refractivity contribution in [2.24, 2.45) is 5.92 Å². The maximum Gasteiger partial charge on any atom is 0.165 e. The molecule has 0 aliphatic carbocycles. The third kappa shape index (κ3) is 4.67. The normalized spacial score (nSPS) is 10.2. The standard InChI is InChI=1S/C9H14O.C2H4/c1-5-8(6-2)9(10)7(3)4;1-2/h5-7H,1H2,2-4H3;1-2H2/b8-6+;. The van der Waals surface area contributed by atoms with Crippen molar-refractivity contribution in [3.63, 3.8) is 0 Å². The number of allylic oxidation sites excluding steroid dienone is 3. The fourth-order valence-electron chi connectivity index (χ4n) is 0.694. The highest BCUT2D eigenvalue weighted by molar-refractivity contribution is 5.98. The molecular weight excluding hydrogens is 148 g/mol. The number of carbonyl (C=O) groups is 1. The highest BCUT2D eigenvalue weighted by Gasteiger charge is 2.08. The van der Waals surface area contributed by atoms with Gasteiger partial charge in [0.25, 0.3) is 0 Å². The first kappa shape index (κ1) is 13.5. The molecule has 0 amide bonds. The van der Waals surface area contributed by atoms with E-state index in [2.05, 4.69) is 19.7 Å². The lowest BCUT2D eigenvalue weighted by Crippen LogP contribution is -2.08. The molecule has 68 valence electrons. The molecule has 0 aliphatic rings. The molecule has 0 radical (unpaired) electrons. The van der Waals surface area contributed by atoms with E-state index in [1.54, 1.807) is 12.2 Å². The maximum atomic E-state index is 11.2. The molecule has 0 aromatic carbocycles. The van der Waals surface area contributed by atoms with Crippen LogP contribution in [0.25, 0.3) is 0 Å². The Morgan fingerprint density at radius 1 is 1.33 bits per heavy atom. The van der Waals surface area contributed by atoms with Crippen molar-refractivity contribution >= 4 is 5.78 Å². The second kappa shape index (κ2) is 7.99. The first-order valence-electron chi connectivity index (χ1n) is 3.96. The van der Waals surface area contributed by atoms with E-state index in [1.807, 2.05) is 20.8 Å². The molecule has 1 nitrogen and oxygen atoms in total. The highest BCUT2D eigenvalue weighted by atomic mass is 16.1. The van der Waals surface area contributed by atoms with Crippen LogP contribution in [-0.4, -0.2) is 5.78 Å². The zero-order valence-electron chi connectivity index (χ0n) is 8.26. The van der Waals surface area contributed by atoms with Crippen LogP contribution < -0.4 is 0 Å². The number of Topliss-reactive ketones (excluding diaryl/α,β-unsaturated/α-hetero) is 1. The maximum absolute atomic E-state index is 11.2. The Morgan fingerprint density at radius 3 is 1.83 bits per heavy atom. The summed E-state index contributed by atoms with van der Waals surface area (Å²) in [5, 5.41) is 0. The summed E-state index contributed by atoms with van der Waals surface area (Å²) in [5.74, 6) is 0.238. The molecule has 0 aromatic heterocycles. The Hall–Kier alpha value is -1.11. The average Bonchev–Trinajstić information content (AvgIpc) is 2.10. The van der Waals surface area contributed by atoms with Crippen LogP contribution in [-0.2, 0) is 4.79 Å². The van der Waals surface area contributed by atoms with E-state index in [9.17, 15) is 4.79 Å². The Balaban J connectivity index is 0. The van der Waals surface area contributed by atoms with Gasteiger partial charge in [-0.2, -0.15) is 0 Å². The van der Waals surface area contributed by atoms with Crippen molar-refractivity contribution in [2.45, 2.75) is 20.8 Å². The minimum absolute atomic E-state index is 0.0733. The van der Waals surface area contributed by atoms with Crippen molar-refractivity contribution in [1.29, 1.82) is 0 Å². The molecule has 0 rings (SSSR count). The van der Waals surface area contributed by atoms with Crippen molar-refractivity contribution in [2.75, 3.05) is 0 Å². The summed E-state index contributed by atoms with van der Waals surface area (Å²) in [5.41, 5.74) is 0.718. The Bertz CT molecular complexity index is 175. The monoisotopic (exact) mass is 166 g/mol. The molecule has 0 saturated carbocycles. The van der Waals surface area contributed by atoms with Crippen LogP contribution in [0.15, 0.2) is 37.5 Å². The van der Waals surface area contributed by atoms with Crippen LogP contribution in [0.2, 0.25) is 0 Å². The lowest BCUT2D eigenvalue weighted by Gasteiger charge is -2.02. The van der Waals surface area contributed by atoms with Crippen molar-refractivity contribution in [1.82, 2.24) is 0 Å². The van der Waals surface area contributed by atoms with Crippen molar-refractivity contribution in [3.05, 3.63) is 37.5 Å². The Morgan fingerprint density at radius 2 is 1.75 bits per heavy atom. The predicted molar refractivity (Wildman–Crippen MR) is 55.1 cm³/mol. The molecule has 0 aliphatic heterocycles. The SMILES string of the molecule is C=C.C=C/C(=C\C)C(=O)C(C)C. The largest absolute Gasteiger partial charge is 0.294 e. The van der Waals surface area contributed by atoms with Gasteiger partial charge in [0.15, 0.2) is 5.78 Å². The number of hydrogen-bond acceptors (Lipinski definition) is 1. The van der Waals surface area contributed by atoms with Gasteiger partial charge in [-0.3, -0.25) is 4.79 Å². The van der Waals surface area contributed by atoms with Gasteiger partial charge in [0.05, 0.1) is 0 Å². The summed E-state index contributed by atoms with van der Waals surface area (Å²) in [6.45, 7) is 15.2. The van der Waals surface area contributed by atoms with Gasteiger partial charge in [-0.15, -0.1) is 13.2 Å². The summed E-state index contributed by atoms with van der Waals surface area (Å²) >= 11 is 0. The van der Waals surface area contributed by atoms with Crippen LogP contribution in [0.5, 0.6) is 0 Å². The average molecular weight is 166 g/mol. The van der Waals surface area contributed by atoms with Crippen LogP contribution in [0.3, 0.4) is 0 Å². The van der Waals surface area contributed by atoms with E-state index < -0.39 is 0 Å². The first-order chi connectivity index (χ1) is 5.63. The molecule has 12 heavy (non-hydrogen) atoms. The zero-order valence-corrected chi connectivity index (χ0v) is 8.26. The van der Waals surface area contributed by atoms with Gasteiger partial charge >= 0.3 is 0 Å². The van der Waals surface area contributed by atoms with Gasteiger partial charge in [0.2, 0.25) is 0 Å². The summed E-state index contributed by atoms with van der Waals surface area (Å²) in [7, 11) is 0. The van der Waals surface area contributed by atoms with E-state index in [0.29, 0.717) is 0 Å². The van der Waals surface area contributed by atoms with E-state index >= 15 is 0 Å². The molecule has 0 aromatic rings. The van der Waals surface area contributed by atoms with Crippen LogP contribution in [0, 0.1) is 5.92 Å². The van der Waals surface area contributed by atoms with E-state index in [4.69, 9.17) is 0 Å². The van der Waals surface area contributed by atoms with E-state index in [0.717, 1.165) is 5.57 Å². The lowest BCUT2D eigenvalue weighted by molar-refractivity contribution is -0.117. The van der Waals surface area contributed by atoms with Gasteiger partial charge in [0.1, 0.15) is 0 Å². The van der Waals surface area contributed by atoms with Gasteiger partial charge in [-0.05, 0) is 6.92 Å². The first-order valence-corrected chi connectivity index (χ1v) is 3.96. The smallest absolute Gasteiger partial charge is 0.165 e. The second-order valence-corrected chi connectivity index (χ2v) is 2.47. The quantitative estimate of drug-likeness (QED) is 0.357. The fraction of sp³-hybridized carbons (Fsp3) is 0.364. The fourth-order valence-corrected chi connectivity index (χ4v) is 0.694. The van der Waals surface area contributed by atoms with Crippen LogP contribution in [0.4, 0.5) is 0 Å². The third-order valence-corrected chi connectivity index (χ3v) is 1.34. The third-order valence-electron chi connectivity index (χ3n) is 1.34. The van der Waals surface area contributed by atoms with Gasteiger partial charge in [0, 0.05) is 11.5 Å². The Labute approximate surface area is 75.5 Å². The minimum Gasteiger partial charge on any atom is -0.294 e. The van der Waals surface area contributed by atoms with Crippen LogP contribution >= 0.6 is 0 Å². The van der Waals surface area contributed by atoms with E-state index in [1.165, 1.54) is 0 Å². The van der Waals surface area contributed by atoms with Gasteiger partial charge in [-0.25, -0.2) is 0 Å². The number of rotatable bonds is 3. The topological polar surface area (TPSA) is 17.1 Å². The number of ketones is 1. The summed E-state index contributed by atoms with van der Waals surface area (Å²) < 4.78 is 0. The summed E-state index contributed by atoms with van der Waals surface area (Å²) in [4.78, 5) is 11.2. The van der Waals surface area contributed by atoms with Gasteiger partial charge in [-0.1, -0.05) is 32.6 Å². The van der Waals surface area contributed by atoms with Crippen molar-refractivity contribution in [3.8, 4) is 0 Å². The molecule has 0 spiro atoms. The van der Waals surface area contributed by atoms with E-state index in [-0.39, 0.29) is 11.7 Å². The molecule has 0 atom stereocenters. The molecule has 0 heterocycles. The molecule has 1 heteroatoms. The Kier molecular flexibility index (Phi) is 8.98. The van der Waals surface area contributed by atoms with Gasteiger partial charge < -0.3 is 0 Å². The molecule has 0 N–H and O–H groups in total. The molecule has 0 saturated heterocycles. The summed E-state index contributed by atoms with van der Waals surface area (Å²) in [6.07, 6.45) is 3.39. The second-order valence-electron chi connectivity index (χ2n) is 2.47. The molecular formula is C11H18O. The summed E-state index contributed by atoms with van der Waals surface area (Å²) in [6, 6.07) is 0. The minimum atomic E-state index is 0.0733. The highest BCUT2D eigenvalue weighted by Crippen LogP contribution is 2.05. The number of carbonyl (C=O) groups excluding carboxylic acids is 1. The molecule has 0 fully saturated rings. The molecule has 0 bridgehead atoms.